The molecule has 0 aliphatic carbocycles. The number of nitrogens with one attached hydrogen (secondary N) is 1. The van der Waals surface area contributed by atoms with E-state index in [4.69, 9.17) is 0 Å². The van der Waals surface area contributed by atoms with Gasteiger partial charge in [-0.15, -0.1) is 0 Å². The van der Waals surface area contributed by atoms with Gasteiger partial charge in [0.05, 0.1) is 0 Å². The Morgan fingerprint density at radius 1 is 1.50 bits per heavy atom. The van der Waals surface area contributed by atoms with E-state index in [1.165, 1.54) is 5.56 Å². The van der Waals surface area contributed by atoms with E-state index in [1.807, 2.05) is 12.4 Å². The maximum absolute atomic E-state index is 10.6. The fraction of sp³-hybridized carbons (Fsp3) is 0.500. The van der Waals surface area contributed by atoms with Crippen molar-refractivity contribution >= 4 is 5.78 Å². The third kappa shape index (κ3) is 3.37. The Hall–Kier alpha value is -1.05. The van der Waals surface area contributed by atoms with E-state index in [1.54, 1.807) is 6.92 Å². The van der Waals surface area contributed by atoms with Crippen LogP contribution in [0.2, 0.25) is 0 Å². The summed E-state index contributed by atoms with van der Waals surface area (Å²) in [5.74, 6) is 0.295. The van der Waals surface area contributed by atoms with Gasteiger partial charge >= 0.3 is 0 Å². The number of hydrogen-bond donors (Lipinski definition) is 1. The van der Waals surface area contributed by atoms with E-state index in [2.05, 4.69) is 11.1 Å². The molecule has 2 nitrogen and oxygen atoms in total. The van der Waals surface area contributed by atoms with Crippen LogP contribution in [0.15, 0.2) is 18.5 Å². The van der Waals surface area contributed by atoms with Crippen LogP contribution >= 0.6 is 0 Å². The topological polar surface area (TPSA) is 32.9 Å². The quantitative estimate of drug-likeness (QED) is 0.667. The molecule has 66 valence electrons. The lowest BCUT2D eigenvalue weighted by Gasteiger charge is -1.95. The summed E-state index contributed by atoms with van der Waals surface area (Å²) in [5.41, 5.74) is 1.33. The van der Waals surface area contributed by atoms with Gasteiger partial charge < -0.3 is 9.78 Å². The van der Waals surface area contributed by atoms with Crippen molar-refractivity contribution in [1.82, 2.24) is 4.98 Å². The molecule has 1 rings (SSSR count). The van der Waals surface area contributed by atoms with Crippen molar-refractivity contribution in [3.05, 3.63) is 24.0 Å². The zero-order valence-electron chi connectivity index (χ0n) is 7.47. The highest BCUT2D eigenvalue weighted by molar-refractivity contribution is 5.75. The third-order valence-corrected chi connectivity index (χ3v) is 1.91. The maximum atomic E-state index is 10.6. The van der Waals surface area contributed by atoms with Gasteiger partial charge in [-0.2, -0.15) is 0 Å². The first kappa shape index (κ1) is 9.04. The smallest absolute Gasteiger partial charge is 0.129 e. The van der Waals surface area contributed by atoms with Crippen molar-refractivity contribution in [2.24, 2.45) is 0 Å². The Balaban J connectivity index is 2.07. The van der Waals surface area contributed by atoms with Gasteiger partial charge in [0, 0.05) is 18.8 Å². The summed E-state index contributed by atoms with van der Waals surface area (Å²) in [6.07, 6.45) is 7.87. The van der Waals surface area contributed by atoms with Crippen LogP contribution in [0.1, 0.15) is 31.7 Å². The second-order valence-corrected chi connectivity index (χ2v) is 3.13. The summed E-state index contributed by atoms with van der Waals surface area (Å²) in [6, 6.07) is 2.08. The van der Waals surface area contributed by atoms with Crippen LogP contribution in [0, 0.1) is 0 Å². The lowest BCUT2D eigenvalue weighted by molar-refractivity contribution is -0.117. The molecule has 0 amide bonds. The monoisotopic (exact) mass is 165 g/mol. The van der Waals surface area contributed by atoms with Gasteiger partial charge in [-0.25, -0.2) is 0 Å². The molecule has 0 spiro atoms. The number of aryl methyl sites for hydroxylation is 1. The molecule has 1 aromatic heterocycles. The number of carbonyl (C=O) groups is 1. The van der Waals surface area contributed by atoms with Crippen LogP contribution in [-0.2, 0) is 11.2 Å². The molecule has 0 aliphatic rings. The van der Waals surface area contributed by atoms with Crippen molar-refractivity contribution in [2.45, 2.75) is 32.6 Å². The Kier molecular flexibility index (Phi) is 3.58. The molecule has 1 aromatic rings. The molecule has 0 atom stereocenters. The van der Waals surface area contributed by atoms with Crippen LogP contribution in [-0.4, -0.2) is 10.8 Å². The predicted molar refractivity (Wildman–Crippen MR) is 49.0 cm³/mol. The number of rotatable bonds is 5. The molecular weight excluding hydrogens is 150 g/mol. The van der Waals surface area contributed by atoms with Crippen LogP contribution < -0.4 is 0 Å². The molecule has 2 heteroatoms. The minimum atomic E-state index is 0.295. The molecule has 0 fully saturated rings. The first-order valence-electron chi connectivity index (χ1n) is 4.40. The number of Topliss-reactive ketones (excluding diaryl/α,β-unsaturated/α-hetero) is 1. The Morgan fingerprint density at radius 3 is 2.92 bits per heavy atom. The molecule has 1 N–H and O–H groups in total. The minimum absolute atomic E-state index is 0.295. The van der Waals surface area contributed by atoms with Gasteiger partial charge in [0.1, 0.15) is 5.78 Å². The zero-order chi connectivity index (χ0) is 8.81. The van der Waals surface area contributed by atoms with Crippen LogP contribution in [0.3, 0.4) is 0 Å². The average Bonchev–Trinajstić information content (AvgIpc) is 2.49. The van der Waals surface area contributed by atoms with Crippen molar-refractivity contribution in [2.75, 3.05) is 0 Å². The fourth-order valence-corrected chi connectivity index (χ4v) is 1.22. The van der Waals surface area contributed by atoms with Gasteiger partial charge in [-0.3, -0.25) is 0 Å². The highest BCUT2D eigenvalue weighted by Gasteiger charge is 1.95. The van der Waals surface area contributed by atoms with Gasteiger partial charge in [0.25, 0.3) is 0 Å². The van der Waals surface area contributed by atoms with Gasteiger partial charge in [0.15, 0.2) is 0 Å². The lowest BCUT2D eigenvalue weighted by atomic mass is 10.1. The van der Waals surface area contributed by atoms with E-state index in [9.17, 15) is 4.79 Å². The third-order valence-electron chi connectivity index (χ3n) is 1.91. The number of carbonyl (C=O) groups excluding carboxylic acids is 1. The maximum Gasteiger partial charge on any atom is 0.129 e. The van der Waals surface area contributed by atoms with Gasteiger partial charge in [0.2, 0.25) is 0 Å². The normalized spacial score (nSPS) is 10.1. The van der Waals surface area contributed by atoms with Crippen molar-refractivity contribution in [1.29, 1.82) is 0 Å². The summed E-state index contributed by atoms with van der Waals surface area (Å²) in [5, 5.41) is 0. The lowest BCUT2D eigenvalue weighted by Crippen LogP contribution is -1.90. The Morgan fingerprint density at radius 2 is 2.33 bits per heavy atom. The van der Waals surface area contributed by atoms with Gasteiger partial charge in [-0.1, -0.05) is 0 Å². The van der Waals surface area contributed by atoms with E-state index >= 15 is 0 Å². The fourth-order valence-electron chi connectivity index (χ4n) is 1.22. The van der Waals surface area contributed by atoms with Crippen molar-refractivity contribution < 1.29 is 4.79 Å². The number of ketones is 1. The number of hydrogen-bond acceptors (Lipinski definition) is 1. The van der Waals surface area contributed by atoms with E-state index in [0.717, 1.165) is 25.7 Å². The van der Waals surface area contributed by atoms with E-state index in [0.29, 0.717) is 5.78 Å². The molecule has 1 heterocycles. The molecule has 0 unspecified atom stereocenters. The second-order valence-electron chi connectivity index (χ2n) is 3.13. The SMILES string of the molecule is CC(=O)CCCCc1cc[nH]c1. The molecule has 0 radical (unpaired) electrons. The molecule has 12 heavy (non-hydrogen) atoms. The number of H-pyrrole nitrogens is 1. The molecule has 0 aliphatic heterocycles. The number of aromatic nitrogens is 1. The zero-order valence-corrected chi connectivity index (χ0v) is 7.47. The molecule has 0 bridgehead atoms. The van der Waals surface area contributed by atoms with Crippen LogP contribution in [0.25, 0.3) is 0 Å². The van der Waals surface area contributed by atoms with E-state index < -0.39 is 0 Å². The predicted octanol–water partition coefficient (Wildman–Crippen LogP) is 2.32. The standard InChI is InChI=1S/C10H15NO/c1-9(12)4-2-3-5-10-6-7-11-8-10/h6-8,11H,2-5H2,1H3. The summed E-state index contributed by atoms with van der Waals surface area (Å²) >= 11 is 0. The Labute approximate surface area is 73.0 Å². The highest BCUT2D eigenvalue weighted by Crippen LogP contribution is 2.05. The summed E-state index contributed by atoms with van der Waals surface area (Å²) in [7, 11) is 0. The second kappa shape index (κ2) is 4.75. The molecule has 0 saturated heterocycles. The van der Waals surface area contributed by atoms with Crippen LogP contribution in [0.4, 0.5) is 0 Å². The molecule has 0 aromatic carbocycles. The van der Waals surface area contributed by atoms with Crippen LogP contribution in [0.5, 0.6) is 0 Å². The summed E-state index contributed by atoms with van der Waals surface area (Å²) < 4.78 is 0. The van der Waals surface area contributed by atoms with Gasteiger partial charge in [-0.05, 0) is 37.8 Å². The largest absolute Gasteiger partial charge is 0.367 e. The van der Waals surface area contributed by atoms with Crippen molar-refractivity contribution in [3.8, 4) is 0 Å². The summed E-state index contributed by atoms with van der Waals surface area (Å²) in [4.78, 5) is 13.6. The highest BCUT2D eigenvalue weighted by atomic mass is 16.1. The Bertz CT molecular complexity index is 226. The first-order chi connectivity index (χ1) is 5.79. The molecule has 0 saturated carbocycles. The van der Waals surface area contributed by atoms with E-state index in [-0.39, 0.29) is 0 Å². The minimum Gasteiger partial charge on any atom is -0.367 e. The number of aromatic amines is 1. The first-order valence-corrected chi connectivity index (χ1v) is 4.40. The summed E-state index contributed by atoms with van der Waals surface area (Å²) in [6.45, 7) is 1.65. The van der Waals surface area contributed by atoms with Crippen molar-refractivity contribution in [3.63, 3.8) is 0 Å². The number of unbranched alkanes of at least 4 members (excludes halogenated alkanes) is 1. The molecular formula is C10H15NO. The average molecular weight is 165 g/mol.